The Morgan fingerprint density at radius 2 is 2.06 bits per heavy atom. The molecule has 2 N–H and O–H groups in total. The third-order valence-corrected chi connectivity index (χ3v) is 2.60. The van der Waals surface area contributed by atoms with E-state index in [-0.39, 0.29) is 5.82 Å². The molecule has 0 spiro atoms. The van der Waals surface area contributed by atoms with E-state index in [2.05, 4.69) is 15.6 Å². The predicted octanol–water partition coefficient (Wildman–Crippen LogP) is 3.68. The van der Waals surface area contributed by atoms with Crippen LogP contribution in [0.4, 0.5) is 15.8 Å². The number of aromatic nitrogens is 1. The summed E-state index contributed by atoms with van der Waals surface area (Å²) in [7, 11) is 0. The van der Waals surface area contributed by atoms with Gasteiger partial charge >= 0.3 is 0 Å². The predicted molar refractivity (Wildman–Crippen MR) is 75.5 cm³/mol. The summed E-state index contributed by atoms with van der Waals surface area (Å²) in [5.41, 5.74) is 1.15. The summed E-state index contributed by atoms with van der Waals surface area (Å²) in [6, 6.07) is 9.49. The van der Waals surface area contributed by atoms with Gasteiger partial charge in [0.2, 0.25) is 0 Å². The summed E-state index contributed by atoms with van der Waals surface area (Å²) in [6.45, 7) is 0. The molecular formula is C12H9ClFN3S. The number of halogens is 2. The first-order chi connectivity index (χ1) is 8.65. The number of thiocarbonyl (C=S) groups is 1. The van der Waals surface area contributed by atoms with Crippen LogP contribution in [0.3, 0.4) is 0 Å². The minimum Gasteiger partial charge on any atom is -0.332 e. The molecule has 1 heterocycles. The van der Waals surface area contributed by atoms with Crippen molar-refractivity contribution in [3.05, 3.63) is 53.6 Å². The van der Waals surface area contributed by atoms with Crippen molar-refractivity contribution in [1.29, 1.82) is 0 Å². The van der Waals surface area contributed by atoms with E-state index in [1.54, 1.807) is 30.5 Å². The molecule has 0 amide bonds. The lowest BCUT2D eigenvalue weighted by molar-refractivity contribution is 0.628. The Balaban J connectivity index is 2.03. The van der Waals surface area contributed by atoms with Gasteiger partial charge in [-0.25, -0.2) is 9.37 Å². The number of hydrogen-bond acceptors (Lipinski definition) is 2. The van der Waals surface area contributed by atoms with Crippen LogP contribution in [-0.2, 0) is 0 Å². The average Bonchev–Trinajstić information content (AvgIpc) is 2.32. The minimum absolute atomic E-state index is 0.315. The van der Waals surface area contributed by atoms with Crippen LogP contribution >= 0.6 is 23.8 Å². The van der Waals surface area contributed by atoms with Crippen molar-refractivity contribution in [1.82, 2.24) is 4.98 Å². The van der Waals surface area contributed by atoms with Crippen LogP contribution in [0, 0.1) is 5.82 Å². The van der Waals surface area contributed by atoms with Gasteiger partial charge in [-0.2, -0.15) is 0 Å². The molecule has 1 aromatic carbocycles. The lowest BCUT2D eigenvalue weighted by atomic mass is 10.3. The van der Waals surface area contributed by atoms with Crippen LogP contribution < -0.4 is 10.6 Å². The van der Waals surface area contributed by atoms with Crippen molar-refractivity contribution in [3.8, 4) is 0 Å². The Labute approximate surface area is 114 Å². The van der Waals surface area contributed by atoms with Crippen molar-refractivity contribution in [3.63, 3.8) is 0 Å². The van der Waals surface area contributed by atoms with Gasteiger partial charge < -0.3 is 10.6 Å². The van der Waals surface area contributed by atoms with Gasteiger partial charge in [0.25, 0.3) is 0 Å². The molecule has 0 fully saturated rings. The van der Waals surface area contributed by atoms with E-state index >= 15 is 0 Å². The Morgan fingerprint density at radius 3 is 2.78 bits per heavy atom. The highest BCUT2D eigenvalue weighted by atomic mass is 35.5. The largest absolute Gasteiger partial charge is 0.332 e. The summed E-state index contributed by atoms with van der Waals surface area (Å²) in [5.74, 6) is -0.331. The summed E-state index contributed by atoms with van der Waals surface area (Å²) in [6.07, 6.45) is 1.58. The lowest BCUT2D eigenvalue weighted by Crippen LogP contribution is -2.19. The van der Waals surface area contributed by atoms with Crippen LogP contribution in [0.1, 0.15) is 0 Å². The minimum atomic E-state index is -0.331. The summed E-state index contributed by atoms with van der Waals surface area (Å²) >= 11 is 11.0. The quantitative estimate of drug-likeness (QED) is 0.650. The highest BCUT2D eigenvalue weighted by Gasteiger charge is 2.03. The van der Waals surface area contributed by atoms with Crippen molar-refractivity contribution < 1.29 is 4.39 Å². The third-order valence-electron chi connectivity index (χ3n) is 2.09. The van der Waals surface area contributed by atoms with E-state index in [9.17, 15) is 4.39 Å². The molecule has 0 aliphatic rings. The van der Waals surface area contributed by atoms with Gasteiger partial charge in [0.05, 0.1) is 5.69 Å². The Hall–Kier alpha value is -1.72. The Bertz CT molecular complexity index is 577. The van der Waals surface area contributed by atoms with E-state index in [1.807, 2.05) is 0 Å². The molecule has 0 aliphatic heterocycles. The normalized spacial score (nSPS) is 9.89. The first-order valence-corrected chi connectivity index (χ1v) is 5.88. The van der Waals surface area contributed by atoms with Crippen LogP contribution in [0.2, 0.25) is 5.15 Å². The zero-order valence-electron chi connectivity index (χ0n) is 9.15. The van der Waals surface area contributed by atoms with Crippen molar-refractivity contribution in [2.24, 2.45) is 0 Å². The third kappa shape index (κ3) is 3.38. The molecule has 0 bridgehead atoms. The highest BCUT2D eigenvalue weighted by Crippen LogP contribution is 2.18. The number of rotatable bonds is 2. The lowest BCUT2D eigenvalue weighted by Gasteiger charge is -2.11. The maximum atomic E-state index is 13.0. The SMILES string of the molecule is Fc1cccc(NC(=S)Nc2cccnc2Cl)c1. The maximum absolute atomic E-state index is 13.0. The monoisotopic (exact) mass is 281 g/mol. The molecule has 0 unspecified atom stereocenters. The molecule has 0 saturated heterocycles. The fourth-order valence-corrected chi connectivity index (χ4v) is 1.72. The van der Waals surface area contributed by atoms with Gasteiger partial charge in [0, 0.05) is 11.9 Å². The fourth-order valence-electron chi connectivity index (χ4n) is 1.33. The van der Waals surface area contributed by atoms with Crippen molar-refractivity contribution in [2.75, 3.05) is 10.6 Å². The zero-order chi connectivity index (χ0) is 13.0. The molecule has 3 nitrogen and oxygen atoms in total. The molecule has 18 heavy (non-hydrogen) atoms. The molecule has 0 aliphatic carbocycles. The van der Waals surface area contributed by atoms with Crippen LogP contribution in [-0.4, -0.2) is 10.1 Å². The Kier molecular flexibility index (Phi) is 4.07. The van der Waals surface area contributed by atoms with Crippen LogP contribution in [0.15, 0.2) is 42.6 Å². The molecule has 92 valence electrons. The van der Waals surface area contributed by atoms with Gasteiger partial charge in [-0.3, -0.25) is 0 Å². The van der Waals surface area contributed by atoms with E-state index in [0.29, 0.717) is 21.6 Å². The van der Waals surface area contributed by atoms with Crippen LogP contribution in [0.5, 0.6) is 0 Å². The number of nitrogens with zero attached hydrogens (tertiary/aromatic N) is 1. The van der Waals surface area contributed by atoms with Crippen LogP contribution in [0.25, 0.3) is 0 Å². The molecule has 2 rings (SSSR count). The second-order valence-corrected chi connectivity index (χ2v) is 4.20. The number of pyridine rings is 1. The zero-order valence-corrected chi connectivity index (χ0v) is 10.7. The average molecular weight is 282 g/mol. The van der Waals surface area contributed by atoms with Crippen molar-refractivity contribution in [2.45, 2.75) is 0 Å². The van der Waals surface area contributed by atoms with E-state index in [4.69, 9.17) is 23.8 Å². The second kappa shape index (κ2) is 5.75. The molecule has 1 aromatic heterocycles. The maximum Gasteiger partial charge on any atom is 0.175 e. The first kappa shape index (κ1) is 12.7. The number of hydrogen-bond donors (Lipinski definition) is 2. The standard InChI is InChI=1S/C12H9ClFN3S/c13-11-10(5-2-6-15-11)17-12(18)16-9-4-1-3-8(14)7-9/h1-7H,(H2,16,17,18). The van der Waals surface area contributed by atoms with Gasteiger partial charge in [0.1, 0.15) is 5.82 Å². The summed E-state index contributed by atoms with van der Waals surface area (Å²) in [5, 5.41) is 6.37. The first-order valence-electron chi connectivity index (χ1n) is 5.09. The van der Waals surface area contributed by atoms with Gasteiger partial charge in [-0.1, -0.05) is 17.7 Å². The number of anilines is 2. The van der Waals surface area contributed by atoms with Gasteiger partial charge in [-0.15, -0.1) is 0 Å². The van der Waals surface area contributed by atoms with Crippen molar-refractivity contribution >= 4 is 40.3 Å². The summed E-state index contributed by atoms with van der Waals surface area (Å²) in [4.78, 5) is 3.91. The molecule has 0 saturated carbocycles. The molecule has 2 aromatic rings. The Morgan fingerprint density at radius 1 is 1.22 bits per heavy atom. The molecule has 0 radical (unpaired) electrons. The van der Waals surface area contributed by atoms with E-state index < -0.39 is 0 Å². The highest BCUT2D eigenvalue weighted by molar-refractivity contribution is 7.80. The molecular weight excluding hydrogens is 273 g/mol. The number of benzene rings is 1. The second-order valence-electron chi connectivity index (χ2n) is 3.43. The van der Waals surface area contributed by atoms with E-state index in [1.165, 1.54) is 12.1 Å². The van der Waals surface area contributed by atoms with E-state index in [0.717, 1.165) is 0 Å². The molecule has 0 atom stereocenters. The topological polar surface area (TPSA) is 37.0 Å². The molecule has 6 heteroatoms. The fraction of sp³-hybridized carbons (Fsp3) is 0. The smallest absolute Gasteiger partial charge is 0.175 e. The van der Waals surface area contributed by atoms with Gasteiger partial charge in [0.15, 0.2) is 10.3 Å². The number of nitrogens with one attached hydrogen (secondary N) is 2. The summed E-state index contributed by atoms with van der Waals surface area (Å²) < 4.78 is 13.0. The van der Waals surface area contributed by atoms with Gasteiger partial charge in [-0.05, 0) is 42.5 Å².